The maximum absolute atomic E-state index is 12.6. The molecule has 0 radical (unpaired) electrons. The molecular weight excluding hydrogens is 328 g/mol. The maximum Gasteiger partial charge on any atom is 0.249 e. The van der Waals surface area contributed by atoms with Gasteiger partial charge >= 0.3 is 0 Å². The first-order chi connectivity index (χ1) is 11.6. The Labute approximate surface area is 143 Å². The van der Waals surface area contributed by atoms with Crippen LogP contribution in [0.1, 0.15) is 32.1 Å². The predicted octanol–water partition coefficient (Wildman–Crippen LogP) is 1.52. The lowest BCUT2D eigenvalue weighted by Gasteiger charge is -2.32. The van der Waals surface area contributed by atoms with E-state index in [1.807, 2.05) is 0 Å². The highest BCUT2D eigenvalue weighted by Crippen LogP contribution is 2.21. The normalized spacial score (nSPS) is 23.8. The molecule has 2 saturated heterocycles. The molecule has 1 atom stereocenters. The highest BCUT2D eigenvalue weighted by atomic mass is 32.2. The van der Waals surface area contributed by atoms with Gasteiger partial charge in [0.25, 0.3) is 0 Å². The van der Waals surface area contributed by atoms with Gasteiger partial charge in [-0.3, -0.25) is 4.79 Å². The number of nitrogens with zero attached hydrogens (tertiary/aromatic N) is 1. The third kappa shape index (κ3) is 3.96. The summed E-state index contributed by atoms with van der Waals surface area (Å²) >= 11 is 0. The van der Waals surface area contributed by atoms with Crippen LogP contribution in [0, 0.1) is 0 Å². The molecule has 24 heavy (non-hydrogen) atoms. The number of ether oxygens (including phenoxy) is 1. The van der Waals surface area contributed by atoms with E-state index >= 15 is 0 Å². The van der Waals surface area contributed by atoms with Crippen molar-refractivity contribution in [1.82, 2.24) is 9.62 Å². The Balaban J connectivity index is 1.53. The summed E-state index contributed by atoms with van der Waals surface area (Å²) in [6.45, 7) is 1.49. The van der Waals surface area contributed by atoms with E-state index in [4.69, 9.17) is 4.74 Å². The molecule has 2 aliphatic rings. The second kappa shape index (κ2) is 7.63. The topological polar surface area (TPSA) is 75.7 Å². The van der Waals surface area contributed by atoms with E-state index in [0.29, 0.717) is 37.4 Å². The molecule has 3 rings (SSSR count). The summed E-state index contributed by atoms with van der Waals surface area (Å²) in [6, 6.07) is 8.50. The number of rotatable bonds is 4. The van der Waals surface area contributed by atoms with Crippen molar-refractivity contribution in [2.24, 2.45) is 0 Å². The lowest BCUT2D eigenvalue weighted by molar-refractivity contribution is -0.136. The third-order valence-corrected chi connectivity index (χ3v) is 6.57. The Morgan fingerprint density at radius 3 is 2.42 bits per heavy atom. The van der Waals surface area contributed by atoms with E-state index in [0.717, 1.165) is 19.3 Å². The first kappa shape index (κ1) is 17.4. The number of piperidine rings is 1. The van der Waals surface area contributed by atoms with Gasteiger partial charge in [0.15, 0.2) is 0 Å². The Bertz CT molecular complexity index is 648. The lowest BCUT2D eigenvalue weighted by atomic mass is 10.0. The summed E-state index contributed by atoms with van der Waals surface area (Å²) < 4.78 is 32.2. The van der Waals surface area contributed by atoms with Gasteiger partial charge < -0.3 is 10.1 Å². The highest BCUT2D eigenvalue weighted by molar-refractivity contribution is 7.89. The van der Waals surface area contributed by atoms with Crippen LogP contribution in [0.5, 0.6) is 0 Å². The zero-order chi connectivity index (χ0) is 17.0. The number of sulfonamides is 1. The summed E-state index contributed by atoms with van der Waals surface area (Å²) in [5.74, 6) is -0.0564. The van der Waals surface area contributed by atoms with Crippen molar-refractivity contribution in [2.45, 2.75) is 49.1 Å². The molecule has 132 valence electrons. The summed E-state index contributed by atoms with van der Waals surface area (Å²) in [5.41, 5.74) is 0. The molecule has 2 aliphatic heterocycles. The molecule has 0 saturated carbocycles. The van der Waals surface area contributed by atoms with Gasteiger partial charge in [0.1, 0.15) is 6.10 Å². The van der Waals surface area contributed by atoms with E-state index < -0.39 is 10.0 Å². The molecule has 7 heteroatoms. The van der Waals surface area contributed by atoms with E-state index in [1.54, 1.807) is 30.3 Å². The highest BCUT2D eigenvalue weighted by Gasteiger charge is 2.31. The van der Waals surface area contributed by atoms with Crippen LogP contribution in [-0.4, -0.2) is 50.5 Å². The molecule has 2 heterocycles. The summed E-state index contributed by atoms with van der Waals surface area (Å²) in [6.07, 6.45) is 3.72. The molecule has 0 bridgehead atoms. The number of amides is 1. The number of nitrogens with one attached hydrogen (secondary N) is 1. The second-order valence-corrected chi connectivity index (χ2v) is 8.29. The SMILES string of the molecule is O=C(NC1CCN(S(=O)(=O)c2ccccc2)CC1)C1CCCCO1. The van der Waals surface area contributed by atoms with Crippen LogP contribution in [0.2, 0.25) is 0 Å². The van der Waals surface area contributed by atoms with Gasteiger partial charge in [-0.05, 0) is 44.2 Å². The fourth-order valence-electron chi connectivity index (χ4n) is 3.22. The molecule has 2 fully saturated rings. The standard InChI is InChI=1S/C17H24N2O4S/c20-17(16-8-4-5-13-23-16)18-14-9-11-19(12-10-14)24(21,22)15-6-2-1-3-7-15/h1-3,6-7,14,16H,4-5,8-13H2,(H,18,20). The molecule has 0 spiro atoms. The summed E-state index contributed by atoms with van der Waals surface area (Å²) in [5, 5.41) is 3.01. The van der Waals surface area contributed by atoms with Crippen LogP contribution in [0.15, 0.2) is 35.2 Å². The van der Waals surface area contributed by atoms with Gasteiger partial charge in [0.2, 0.25) is 15.9 Å². The van der Waals surface area contributed by atoms with Gasteiger partial charge in [-0.25, -0.2) is 8.42 Å². The van der Waals surface area contributed by atoms with Gasteiger partial charge in [0.05, 0.1) is 4.90 Å². The Hall–Kier alpha value is -1.44. The Morgan fingerprint density at radius 1 is 1.08 bits per heavy atom. The van der Waals surface area contributed by atoms with Crippen molar-refractivity contribution >= 4 is 15.9 Å². The number of benzene rings is 1. The van der Waals surface area contributed by atoms with E-state index in [2.05, 4.69) is 5.32 Å². The lowest BCUT2D eigenvalue weighted by Crippen LogP contribution is -2.49. The number of carbonyl (C=O) groups is 1. The van der Waals surface area contributed by atoms with Crippen LogP contribution < -0.4 is 5.32 Å². The zero-order valence-electron chi connectivity index (χ0n) is 13.7. The van der Waals surface area contributed by atoms with E-state index in [-0.39, 0.29) is 18.1 Å². The van der Waals surface area contributed by atoms with Crippen molar-refractivity contribution in [3.63, 3.8) is 0 Å². The first-order valence-corrected chi connectivity index (χ1v) is 9.98. The van der Waals surface area contributed by atoms with Crippen LogP contribution >= 0.6 is 0 Å². The molecular formula is C17H24N2O4S. The van der Waals surface area contributed by atoms with Gasteiger partial charge in [0, 0.05) is 25.7 Å². The average Bonchev–Trinajstić information content (AvgIpc) is 2.63. The van der Waals surface area contributed by atoms with Crippen LogP contribution in [0.3, 0.4) is 0 Å². The quantitative estimate of drug-likeness (QED) is 0.891. The van der Waals surface area contributed by atoms with Gasteiger partial charge in [-0.2, -0.15) is 4.31 Å². The molecule has 1 N–H and O–H groups in total. The fraction of sp³-hybridized carbons (Fsp3) is 0.588. The van der Waals surface area contributed by atoms with Crippen molar-refractivity contribution in [3.05, 3.63) is 30.3 Å². The maximum atomic E-state index is 12.6. The summed E-state index contributed by atoms with van der Waals surface area (Å²) in [7, 11) is -3.44. The monoisotopic (exact) mass is 352 g/mol. The predicted molar refractivity (Wildman–Crippen MR) is 90.0 cm³/mol. The molecule has 1 aromatic carbocycles. The number of carbonyl (C=O) groups excluding carboxylic acids is 1. The molecule has 0 aliphatic carbocycles. The Morgan fingerprint density at radius 2 is 1.79 bits per heavy atom. The largest absolute Gasteiger partial charge is 0.368 e. The van der Waals surface area contributed by atoms with Crippen molar-refractivity contribution in [2.75, 3.05) is 19.7 Å². The molecule has 6 nitrogen and oxygen atoms in total. The minimum Gasteiger partial charge on any atom is -0.368 e. The first-order valence-electron chi connectivity index (χ1n) is 8.54. The molecule has 1 amide bonds. The number of hydrogen-bond acceptors (Lipinski definition) is 4. The molecule has 1 unspecified atom stereocenters. The van der Waals surface area contributed by atoms with E-state index in [1.165, 1.54) is 4.31 Å². The molecule has 0 aromatic heterocycles. The van der Waals surface area contributed by atoms with Crippen LogP contribution in [-0.2, 0) is 19.6 Å². The van der Waals surface area contributed by atoms with Crippen LogP contribution in [0.4, 0.5) is 0 Å². The Kier molecular flexibility index (Phi) is 5.53. The van der Waals surface area contributed by atoms with Crippen molar-refractivity contribution in [3.8, 4) is 0 Å². The second-order valence-electron chi connectivity index (χ2n) is 6.36. The minimum atomic E-state index is -3.44. The van der Waals surface area contributed by atoms with Crippen molar-refractivity contribution < 1.29 is 17.9 Å². The van der Waals surface area contributed by atoms with E-state index in [9.17, 15) is 13.2 Å². The number of hydrogen-bond donors (Lipinski definition) is 1. The smallest absolute Gasteiger partial charge is 0.249 e. The van der Waals surface area contributed by atoms with Crippen molar-refractivity contribution in [1.29, 1.82) is 0 Å². The summed E-state index contributed by atoms with van der Waals surface area (Å²) in [4.78, 5) is 12.5. The van der Waals surface area contributed by atoms with Gasteiger partial charge in [-0.15, -0.1) is 0 Å². The molecule has 1 aromatic rings. The minimum absolute atomic E-state index is 0.0187. The zero-order valence-corrected chi connectivity index (χ0v) is 14.5. The fourth-order valence-corrected chi connectivity index (χ4v) is 4.71. The van der Waals surface area contributed by atoms with Crippen LogP contribution in [0.25, 0.3) is 0 Å². The van der Waals surface area contributed by atoms with Gasteiger partial charge in [-0.1, -0.05) is 18.2 Å². The third-order valence-electron chi connectivity index (χ3n) is 4.65. The average molecular weight is 352 g/mol.